The summed E-state index contributed by atoms with van der Waals surface area (Å²) >= 11 is 5.54. The topological polar surface area (TPSA) is 38.1 Å². The van der Waals surface area contributed by atoms with E-state index in [1.807, 2.05) is 20.8 Å². The molecule has 0 aliphatic carbocycles. The summed E-state index contributed by atoms with van der Waals surface area (Å²) in [7, 11) is 0. The van der Waals surface area contributed by atoms with Crippen LogP contribution in [0.5, 0.6) is 0 Å². The van der Waals surface area contributed by atoms with Crippen molar-refractivity contribution in [3.05, 3.63) is 29.0 Å². The van der Waals surface area contributed by atoms with Crippen LogP contribution in [0.2, 0.25) is 0 Å². The second kappa shape index (κ2) is 5.17. The first-order valence-electron chi connectivity index (χ1n) is 4.55. The smallest absolute Gasteiger partial charge is 0.211 e. The molecule has 1 aromatic rings. The van der Waals surface area contributed by atoms with Gasteiger partial charge in [0.1, 0.15) is 5.76 Å². The minimum atomic E-state index is 0.107. The van der Waals surface area contributed by atoms with Crippen LogP contribution in [-0.4, -0.2) is 11.5 Å². The van der Waals surface area contributed by atoms with Crippen LogP contribution < -0.4 is 5.32 Å². The van der Waals surface area contributed by atoms with E-state index in [1.54, 1.807) is 11.7 Å². The number of nitrogens with one attached hydrogen (secondary N) is 1. The highest BCUT2D eigenvalue weighted by molar-refractivity contribution is 6.25. The summed E-state index contributed by atoms with van der Waals surface area (Å²) in [6, 6.07) is 0.107. The summed E-state index contributed by atoms with van der Waals surface area (Å²) < 4.78 is 5.39. The fourth-order valence-corrected chi connectivity index (χ4v) is 1.09. The van der Waals surface area contributed by atoms with Crippen LogP contribution in [0.1, 0.15) is 31.5 Å². The van der Waals surface area contributed by atoms with Crippen LogP contribution >= 0.6 is 11.6 Å². The summed E-state index contributed by atoms with van der Waals surface area (Å²) in [5, 5.41) is 3.25. The maximum atomic E-state index is 5.54. The van der Waals surface area contributed by atoms with E-state index in [2.05, 4.69) is 10.3 Å². The molecule has 1 N–H and O–H groups in total. The number of hydrogen-bond donors (Lipinski definition) is 1. The molecule has 0 aliphatic rings. The molecule has 1 aromatic heterocycles. The van der Waals surface area contributed by atoms with Crippen molar-refractivity contribution in [2.45, 2.75) is 26.8 Å². The molecule has 1 atom stereocenters. The van der Waals surface area contributed by atoms with Gasteiger partial charge in [0, 0.05) is 12.1 Å². The van der Waals surface area contributed by atoms with E-state index in [0.717, 1.165) is 17.9 Å². The summed E-state index contributed by atoms with van der Waals surface area (Å²) in [5.41, 5.74) is 2.65. The lowest BCUT2D eigenvalue weighted by molar-refractivity contribution is 0.410. The molecular formula is C10H15ClN2O. The Morgan fingerprint density at radius 3 is 3.00 bits per heavy atom. The molecule has 0 bridgehead atoms. The zero-order valence-electron chi connectivity index (χ0n) is 8.67. The second-order valence-electron chi connectivity index (χ2n) is 3.37. The van der Waals surface area contributed by atoms with Crippen LogP contribution in [0.25, 0.3) is 0 Å². The summed E-state index contributed by atoms with van der Waals surface area (Å²) in [6.07, 6.45) is 1.72. The molecule has 1 unspecified atom stereocenters. The van der Waals surface area contributed by atoms with Crippen molar-refractivity contribution in [2.75, 3.05) is 6.54 Å². The minimum Gasteiger partial charge on any atom is -0.444 e. The first-order valence-corrected chi connectivity index (χ1v) is 4.98. The van der Waals surface area contributed by atoms with Crippen LogP contribution in [-0.2, 0) is 0 Å². The molecule has 0 aliphatic heterocycles. The number of oxazole rings is 1. The monoisotopic (exact) mass is 214 g/mol. The Kier molecular flexibility index (Phi) is 4.17. The molecule has 0 fully saturated rings. The average molecular weight is 215 g/mol. The molecule has 1 heterocycles. The van der Waals surface area contributed by atoms with Crippen molar-refractivity contribution in [3.8, 4) is 0 Å². The molecular weight excluding hydrogens is 200 g/mol. The molecule has 0 spiro atoms. The van der Waals surface area contributed by atoms with Gasteiger partial charge in [-0.25, -0.2) is 4.98 Å². The van der Waals surface area contributed by atoms with E-state index in [0.29, 0.717) is 5.89 Å². The zero-order valence-corrected chi connectivity index (χ0v) is 9.43. The van der Waals surface area contributed by atoms with E-state index >= 15 is 0 Å². The number of aryl methyl sites for hydroxylation is 1. The zero-order chi connectivity index (χ0) is 10.6. The van der Waals surface area contributed by atoms with E-state index < -0.39 is 0 Å². The van der Waals surface area contributed by atoms with E-state index in [1.165, 1.54) is 0 Å². The van der Waals surface area contributed by atoms with E-state index in [4.69, 9.17) is 16.0 Å². The Labute approximate surface area is 89.2 Å². The predicted molar refractivity (Wildman–Crippen MR) is 57.3 cm³/mol. The summed E-state index contributed by atoms with van der Waals surface area (Å²) in [4.78, 5) is 4.14. The number of nitrogens with zero attached hydrogens (tertiary/aromatic N) is 1. The van der Waals surface area contributed by atoms with Gasteiger partial charge in [0.15, 0.2) is 0 Å². The molecule has 4 heteroatoms. The highest BCUT2D eigenvalue weighted by Gasteiger charge is 2.09. The van der Waals surface area contributed by atoms with Gasteiger partial charge >= 0.3 is 0 Å². The van der Waals surface area contributed by atoms with Gasteiger partial charge in [-0.2, -0.15) is 0 Å². The van der Waals surface area contributed by atoms with E-state index in [9.17, 15) is 0 Å². The third-order valence-corrected chi connectivity index (χ3v) is 2.26. The van der Waals surface area contributed by atoms with Crippen molar-refractivity contribution >= 4 is 11.6 Å². The summed E-state index contributed by atoms with van der Waals surface area (Å²) in [5.74, 6) is 1.54. The Bertz CT molecular complexity index is 320. The van der Waals surface area contributed by atoms with Gasteiger partial charge < -0.3 is 9.73 Å². The lowest BCUT2D eigenvalue weighted by Gasteiger charge is -2.09. The van der Waals surface area contributed by atoms with Crippen molar-refractivity contribution < 1.29 is 4.42 Å². The van der Waals surface area contributed by atoms with Crippen LogP contribution in [0, 0.1) is 6.92 Å². The SMILES string of the molecule is C/C(=C\Cl)CNC(C)c1ncc(C)o1. The molecule has 3 nitrogen and oxygen atoms in total. The normalized spacial score (nSPS) is 14.4. The maximum absolute atomic E-state index is 5.54. The largest absolute Gasteiger partial charge is 0.444 e. The van der Waals surface area contributed by atoms with Crippen molar-refractivity contribution in [3.63, 3.8) is 0 Å². The molecule has 0 radical (unpaired) electrons. The fourth-order valence-electron chi connectivity index (χ4n) is 1.01. The maximum Gasteiger partial charge on any atom is 0.211 e. The number of rotatable bonds is 4. The van der Waals surface area contributed by atoms with Gasteiger partial charge in [-0.15, -0.1) is 0 Å². The van der Waals surface area contributed by atoms with Gasteiger partial charge in [-0.05, 0) is 26.3 Å². The van der Waals surface area contributed by atoms with Crippen LogP contribution in [0.15, 0.2) is 21.7 Å². The van der Waals surface area contributed by atoms with Crippen LogP contribution in [0.4, 0.5) is 0 Å². The van der Waals surface area contributed by atoms with Crippen molar-refractivity contribution in [2.24, 2.45) is 0 Å². The highest BCUT2D eigenvalue weighted by Crippen LogP contribution is 2.11. The minimum absolute atomic E-state index is 0.107. The number of hydrogen-bond acceptors (Lipinski definition) is 3. The fraction of sp³-hybridized carbons (Fsp3) is 0.500. The number of halogens is 1. The average Bonchev–Trinajstić information content (AvgIpc) is 2.60. The Balaban J connectivity index is 2.47. The standard InChI is InChI=1S/C10H15ClN2O/c1-7(4-11)5-12-9(3)10-13-6-8(2)14-10/h4,6,9,12H,5H2,1-3H3/b7-4+. The van der Waals surface area contributed by atoms with Gasteiger partial charge in [0.05, 0.1) is 12.2 Å². The second-order valence-corrected chi connectivity index (χ2v) is 3.59. The van der Waals surface area contributed by atoms with Crippen LogP contribution in [0.3, 0.4) is 0 Å². The molecule has 0 amide bonds. The lowest BCUT2D eigenvalue weighted by atomic mass is 10.3. The Hall–Kier alpha value is -0.800. The molecule has 14 heavy (non-hydrogen) atoms. The van der Waals surface area contributed by atoms with Crippen molar-refractivity contribution in [1.82, 2.24) is 10.3 Å². The Morgan fingerprint density at radius 2 is 2.50 bits per heavy atom. The number of aromatic nitrogens is 1. The van der Waals surface area contributed by atoms with Gasteiger partial charge in [0.2, 0.25) is 5.89 Å². The van der Waals surface area contributed by atoms with Gasteiger partial charge in [-0.3, -0.25) is 0 Å². The highest BCUT2D eigenvalue weighted by atomic mass is 35.5. The quantitative estimate of drug-likeness (QED) is 0.838. The third-order valence-electron chi connectivity index (χ3n) is 1.88. The Morgan fingerprint density at radius 1 is 1.79 bits per heavy atom. The van der Waals surface area contributed by atoms with Crippen molar-refractivity contribution in [1.29, 1.82) is 0 Å². The molecule has 1 rings (SSSR count). The first-order chi connectivity index (χ1) is 6.63. The summed E-state index contributed by atoms with van der Waals surface area (Å²) in [6.45, 7) is 6.60. The molecule has 0 aromatic carbocycles. The molecule has 0 saturated heterocycles. The third kappa shape index (κ3) is 3.16. The van der Waals surface area contributed by atoms with Gasteiger partial charge in [-0.1, -0.05) is 11.6 Å². The molecule has 0 saturated carbocycles. The molecule has 78 valence electrons. The first kappa shape index (κ1) is 11.3. The van der Waals surface area contributed by atoms with Gasteiger partial charge in [0.25, 0.3) is 0 Å². The predicted octanol–water partition coefficient (Wildman–Crippen LogP) is 2.78. The van der Waals surface area contributed by atoms with E-state index in [-0.39, 0.29) is 6.04 Å². The lowest BCUT2D eigenvalue weighted by Crippen LogP contribution is -2.20.